The lowest BCUT2D eigenvalue weighted by atomic mass is 10.1. The fourth-order valence-electron chi connectivity index (χ4n) is 1.92. The number of halogens is 1. The van der Waals surface area contributed by atoms with E-state index in [9.17, 15) is 14.7 Å². The summed E-state index contributed by atoms with van der Waals surface area (Å²) in [6, 6.07) is 9.20. The minimum absolute atomic E-state index is 0.182. The molecule has 1 heterocycles. The average molecular weight is 334 g/mol. The van der Waals surface area contributed by atoms with Gasteiger partial charge in [0.1, 0.15) is 6.04 Å². The number of anilines is 1. The molecule has 0 saturated carbocycles. The van der Waals surface area contributed by atoms with E-state index in [-0.39, 0.29) is 6.42 Å². The first-order chi connectivity index (χ1) is 11.0. The Kier molecular flexibility index (Phi) is 6.08. The van der Waals surface area contributed by atoms with Crippen LogP contribution >= 0.6 is 11.6 Å². The number of aromatic nitrogens is 1. The number of nitrogens with one attached hydrogen (secondary N) is 2. The van der Waals surface area contributed by atoms with Gasteiger partial charge in [-0.25, -0.2) is 0 Å². The Labute approximate surface area is 138 Å². The summed E-state index contributed by atoms with van der Waals surface area (Å²) >= 11 is 5.77. The fraction of sp³-hybridized carbons (Fsp3) is 0.188. The number of aliphatic carboxylic acids is 1. The molecule has 2 aromatic rings. The van der Waals surface area contributed by atoms with Gasteiger partial charge in [0, 0.05) is 29.6 Å². The van der Waals surface area contributed by atoms with Crippen molar-refractivity contribution >= 4 is 29.2 Å². The maximum absolute atomic E-state index is 12.0. The van der Waals surface area contributed by atoms with Gasteiger partial charge >= 0.3 is 5.97 Å². The predicted molar refractivity (Wildman–Crippen MR) is 87.2 cm³/mol. The normalized spacial score (nSPS) is 11.7. The molecule has 1 aromatic heterocycles. The number of amides is 1. The topological polar surface area (TPSA) is 91.3 Å². The molecule has 1 amide bonds. The predicted octanol–water partition coefficient (Wildman–Crippen LogP) is 2.31. The molecule has 7 heteroatoms. The van der Waals surface area contributed by atoms with Crippen molar-refractivity contribution < 1.29 is 14.7 Å². The van der Waals surface area contributed by atoms with Crippen LogP contribution in [0.15, 0.2) is 48.8 Å². The summed E-state index contributed by atoms with van der Waals surface area (Å²) < 4.78 is 0. The number of rotatable bonds is 7. The second-order valence-electron chi connectivity index (χ2n) is 4.89. The Morgan fingerprint density at radius 3 is 2.57 bits per heavy atom. The number of hydrogen-bond donors (Lipinski definition) is 3. The number of carbonyl (C=O) groups is 2. The molecule has 2 rings (SSSR count). The summed E-state index contributed by atoms with van der Waals surface area (Å²) in [6.07, 6.45) is 3.09. The van der Waals surface area contributed by atoms with E-state index in [1.54, 1.807) is 42.7 Å². The van der Waals surface area contributed by atoms with Crippen molar-refractivity contribution in [3.63, 3.8) is 0 Å². The van der Waals surface area contributed by atoms with Crippen LogP contribution in [0.2, 0.25) is 5.02 Å². The summed E-state index contributed by atoms with van der Waals surface area (Å²) in [5.74, 6) is -1.47. The van der Waals surface area contributed by atoms with Crippen LogP contribution in [0.1, 0.15) is 12.0 Å². The number of nitrogens with zero attached hydrogens (tertiary/aromatic N) is 1. The minimum atomic E-state index is -1.08. The average Bonchev–Trinajstić information content (AvgIpc) is 2.54. The third kappa shape index (κ3) is 5.69. The van der Waals surface area contributed by atoms with Crippen molar-refractivity contribution in [3.8, 4) is 0 Å². The highest BCUT2D eigenvalue weighted by atomic mass is 35.5. The van der Waals surface area contributed by atoms with Crippen LogP contribution in [-0.4, -0.2) is 28.0 Å². The Hall–Kier alpha value is -2.44. The smallest absolute Gasteiger partial charge is 0.321 e. The van der Waals surface area contributed by atoms with Gasteiger partial charge in [0.25, 0.3) is 0 Å². The number of carboxylic acid groups (broad SMARTS) is 1. The third-order valence-corrected chi connectivity index (χ3v) is 3.34. The van der Waals surface area contributed by atoms with Crippen molar-refractivity contribution in [2.45, 2.75) is 19.0 Å². The maximum atomic E-state index is 12.0. The number of hydrogen-bond acceptors (Lipinski definition) is 4. The lowest BCUT2D eigenvalue weighted by molar-refractivity contribution is -0.141. The van der Waals surface area contributed by atoms with Gasteiger partial charge in [-0.1, -0.05) is 17.7 Å². The molecule has 0 aliphatic rings. The second kappa shape index (κ2) is 8.26. The molecule has 0 fully saturated rings. The molecule has 0 radical (unpaired) electrons. The first kappa shape index (κ1) is 16.9. The molecule has 0 aliphatic heterocycles. The van der Waals surface area contributed by atoms with Crippen LogP contribution in [0.5, 0.6) is 0 Å². The zero-order valence-corrected chi connectivity index (χ0v) is 13.0. The lowest BCUT2D eigenvalue weighted by Crippen LogP contribution is -2.39. The summed E-state index contributed by atoms with van der Waals surface area (Å²) in [5.41, 5.74) is 1.41. The minimum Gasteiger partial charge on any atom is -0.480 e. The molecular formula is C16H16ClN3O3. The van der Waals surface area contributed by atoms with Crippen LogP contribution < -0.4 is 10.6 Å². The van der Waals surface area contributed by atoms with E-state index in [4.69, 9.17) is 11.6 Å². The van der Waals surface area contributed by atoms with Gasteiger partial charge in [-0.05, 0) is 35.9 Å². The lowest BCUT2D eigenvalue weighted by Gasteiger charge is -2.14. The van der Waals surface area contributed by atoms with Gasteiger partial charge in [0.05, 0.1) is 6.42 Å². The molecule has 23 heavy (non-hydrogen) atoms. The molecule has 6 nitrogen and oxygen atoms in total. The Morgan fingerprint density at radius 2 is 1.96 bits per heavy atom. The van der Waals surface area contributed by atoms with Gasteiger partial charge in [-0.2, -0.15) is 0 Å². The zero-order chi connectivity index (χ0) is 16.7. The molecule has 120 valence electrons. The first-order valence-electron chi connectivity index (χ1n) is 6.95. The van der Waals surface area contributed by atoms with Gasteiger partial charge in [-0.15, -0.1) is 0 Å². The molecule has 1 atom stereocenters. The largest absolute Gasteiger partial charge is 0.480 e. The fourth-order valence-corrected chi connectivity index (χ4v) is 2.05. The Bertz CT molecular complexity index is 662. The van der Waals surface area contributed by atoms with Crippen molar-refractivity contribution in [2.75, 3.05) is 5.32 Å². The van der Waals surface area contributed by atoms with E-state index >= 15 is 0 Å². The van der Waals surface area contributed by atoms with E-state index in [1.807, 2.05) is 6.07 Å². The van der Waals surface area contributed by atoms with E-state index in [0.29, 0.717) is 17.3 Å². The van der Waals surface area contributed by atoms with Gasteiger partial charge in [0.15, 0.2) is 0 Å². The molecule has 0 saturated heterocycles. The van der Waals surface area contributed by atoms with E-state index in [1.165, 1.54) is 0 Å². The van der Waals surface area contributed by atoms with E-state index < -0.39 is 17.9 Å². The number of carboxylic acids is 1. The highest BCUT2D eigenvalue weighted by Crippen LogP contribution is 2.13. The molecule has 0 bridgehead atoms. The maximum Gasteiger partial charge on any atom is 0.321 e. The van der Waals surface area contributed by atoms with Crippen molar-refractivity contribution in [2.24, 2.45) is 0 Å². The first-order valence-corrected chi connectivity index (χ1v) is 7.33. The SMILES string of the molecule is O=C(C[C@@H](NCc1cccnc1)C(=O)O)Nc1ccc(Cl)cc1. The quantitative estimate of drug-likeness (QED) is 0.723. The second-order valence-corrected chi connectivity index (χ2v) is 5.33. The van der Waals surface area contributed by atoms with Crippen molar-refractivity contribution in [1.29, 1.82) is 0 Å². The van der Waals surface area contributed by atoms with E-state index in [0.717, 1.165) is 5.56 Å². The Balaban J connectivity index is 1.89. The van der Waals surface area contributed by atoms with Gasteiger partial charge < -0.3 is 10.4 Å². The number of benzene rings is 1. The van der Waals surface area contributed by atoms with Crippen LogP contribution in [0, 0.1) is 0 Å². The molecule has 0 aliphatic carbocycles. The zero-order valence-electron chi connectivity index (χ0n) is 12.2. The highest BCUT2D eigenvalue weighted by Gasteiger charge is 2.20. The summed E-state index contributed by atoms with van der Waals surface area (Å²) in [6.45, 7) is 0.318. The molecule has 0 unspecified atom stereocenters. The summed E-state index contributed by atoms with van der Waals surface area (Å²) in [5, 5.41) is 15.3. The Morgan fingerprint density at radius 1 is 1.22 bits per heavy atom. The molecule has 1 aromatic carbocycles. The number of pyridine rings is 1. The van der Waals surface area contributed by atoms with Crippen molar-refractivity contribution in [1.82, 2.24) is 10.3 Å². The summed E-state index contributed by atoms with van der Waals surface area (Å²) in [7, 11) is 0. The van der Waals surface area contributed by atoms with Crippen LogP contribution in [0.25, 0.3) is 0 Å². The van der Waals surface area contributed by atoms with Crippen LogP contribution in [0.4, 0.5) is 5.69 Å². The molecule has 3 N–H and O–H groups in total. The number of carbonyl (C=O) groups excluding carboxylic acids is 1. The van der Waals surface area contributed by atoms with Crippen molar-refractivity contribution in [3.05, 3.63) is 59.4 Å². The standard InChI is InChI=1S/C16H16ClN3O3/c17-12-3-5-13(6-4-12)20-15(21)8-14(16(22)23)19-10-11-2-1-7-18-9-11/h1-7,9,14,19H,8,10H2,(H,20,21)(H,22,23)/t14-/m1/s1. The highest BCUT2D eigenvalue weighted by molar-refractivity contribution is 6.30. The third-order valence-electron chi connectivity index (χ3n) is 3.09. The molecule has 0 spiro atoms. The summed E-state index contributed by atoms with van der Waals surface area (Å²) in [4.78, 5) is 27.2. The van der Waals surface area contributed by atoms with Gasteiger partial charge in [-0.3, -0.25) is 19.9 Å². The van der Waals surface area contributed by atoms with E-state index in [2.05, 4.69) is 15.6 Å². The van der Waals surface area contributed by atoms with Crippen LogP contribution in [0.3, 0.4) is 0 Å². The monoisotopic (exact) mass is 333 g/mol. The molecular weight excluding hydrogens is 318 g/mol. The van der Waals surface area contributed by atoms with Crippen LogP contribution in [-0.2, 0) is 16.1 Å². The van der Waals surface area contributed by atoms with Gasteiger partial charge in [0.2, 0.25) is 5.91 Å².